The minimum atomic E-state index is -0.173. The minimum absolute atomic E-state index is 0.173. The number of nitrogens with zero attached hydrogens (tertiary/aromatic N) is 5. The third-order valence-electron chi connectivity index (χ3n) is 6.29. The number of para-hydroxylation sites is 3. The van der Waals surface area contributed by atoms with Crippen molar-refractivity contribution in [1.82, 2.24) is 24.7 Å². The number of anilines is 1. The molecule has 0 spiro atoms. The van der Waals surface area contributed by atoms with Gasteiger partial charge in [0, 0.05) is 45.3 Å². The first-order chi connectivity index (χ1) is 15.7. The average Bonchev–Trinajstić information content (AvgIpc) is 3.20. The number of benzene rings is 2. The molecule has 2 aliphatic heterocycles. The van der Waals surface area contributed by atoms with E-state index in [1.165, 1.54) is 0 Å². The standard InChI is InChI=1S/C24H30N6O2/c1-27-17-19(18-27)28-12-14-29(15-13-28)23-26-21-9-5-6-10-22(21)30(23)24(31)25-11-16-32-20-7-3-2-4-8-20/h2-10,19H,11-18H2,1H3,(H,25,31). The highest BCUT2D eigenvalue weighted by atomic mass is 16.5. The number of ether oxygens (including phenoxy) is 1. The van der Waals surface area contributed by atoms with Gasteiger partial charge in [0.05, 0.1) is 17.6 Å². The van der Waals surface area contributed by atoms with Crippen LogP contribution in [0.4, 0.5) is 10.7 Å². The maximum absolute atomic E-state index is 13.2. The van der Waals surface area contributed by atoms with Crippen LogP contribution in [0, 0.1) is 0 Å². The van der Waals surface area contributed by atoms with Crippen molar-refractivity contribution < 1.29 is 9.53 Å². The molecule has 1 amide bonds. The highest BCUT2D eigenvalue weighted by Crippen LogP contribution is 2.24. The number of aromatic nitrogens is 2. The third-order valence-corrected chi connectivity index (χ3v) is 6.29. The number of carbonyl (C=O) groups is 1. The van der Waals surface area contributed by atoms with Crippen LogP contribution in [-0.2, 0) is 0 Å². The molecule has 0 atom stereocenters. The van der Waals surface area contributed by atoms with Crippen LogP contribution in [-0.4, -0.2) is 90.9 Å². The Morgan fingerprint density at radius 1 is 1.03 bits per heavy atom. The lowest BCUT2D eigenvalue weighted by atomic mass is 10.1. The molecule has 3 aromatic rings. The number of hydrogen-bond acceptors (Lipinski definition) is 6. The Balaban J connectivity index is 1.26. The van der Waals surface area contributed by atoms with Crippen LogP contribution in [0.3, 0.4) is 0 Å². The molecule has 2 fully saturated rings. The second kappa shape index (κ2) is 9.18. The molecule has 0 aliphatic carbocycles. The first kappa shape index (κ1) is 20.8. The first-order valence-electron chi connectivity index (χ1n) is 11.3. The summed E-state index contributed by atoms with van der Waals surface area (Å²) in [6, 6.07) is 17.9. The molecule has 0 saturated carbocycles. The van der Waals surface area contributed by atoms with Crippen molar-refractivity contribution in [1.29, 1.82) is 0 Å². The largest absolute Gasteiger partial charge is 0.492 e. The quantitative estimate of drug-likeness (QED) is 0.600. The van der Waals surface area contributed by atoms with Crippen LogP contribution in [0.1, 0.15) is 0 Å². The number of fused-ring (bicyclic) bond motifs is 1. The van der Waals surface area contributed by atoms with Crippen molar-refractivity contribution in [3.8, 4) is 5.75 Å². The lowest BCUT2D eigenvalue weighted by Gasteiger charge is -2.47. The van der Waals surface area contributed by atoms with Gasteiger partial charge in [0.15, 0.2) is 0 Å². The lowest BCUT2D eigenvalue weighted by molar-refractivity contribution is 0.0485. The van der Waals surface area contributed by atoms with Crippen molar-refractivity contribution in [3.63, 3.8) is 0 Å². The van der Waals surface area contributed by atoms with E-state index in [0.717, 1.165) is 62.0 Å². The molecule has 2 aliphatic rings. The summed E-state index contributed by atoms with van der Waals surface area (Å²) in [6.07, 6.45) is 0. The van der Waals surface area contributed by atoms with Crippen molar-refractivity contribution >= 4 is 23.0 Å². The highest BCUT2D eigenvalue weighted by Gasteiger charge is 2.32. The Labute approximate surface area is 188 Å². The molecule has 5 rings (SSSR count). The molecule has 1 N–H and O–H groups in total. The van der Waals surface area contributed by atoms with Crippen LogP contribution >= 0.6 is 0 Å². The molecular formula is C24H30N6O2. The number of piperazine rings is 1. The Morgan fingerprint density at radius 2 is 1.75 bits per heavy atom. The second-order valence-corrected chi connectivity index (χ2v) is 8.53. The smallest absolute Gasteiger partial charge is 0.329 e. The summed E-state index contributed by atoms with van der Waals surface area (Å²) in [5.41, 5.74) is 1.66. The van der Waals surface area contributed by atoms with Gasteiger partial charge in [0.2, 0.25) is 5.95 Å². The summed E-state index contributed by atoms with van der Waals surface area (Å²) >= 11 is 0. The number of nitrogens with one attached hydrogen (secondary N) is 1. The van der Waals surface area contributed by atoms with Crippen LogP contribution in [0.5, 0.6) is 5.75 Å². The Kier molecular flexibility index (Phi) is 5.96. The number of rotatable bonds is 6. The molecular weight excluding hydrogens is 404 g/mol. The van der Waals surface area contributed by atoms with Gasteiger partial charge >= 0.3 is 6.03 Å². The maximum atomic E-state index is 13.2. The minimum Gasteiger partial charge on any atom is -0.492 e. The molecule has 1 aromatic heterocycles. The Bertz CT molecular complexity index is 1050. The highest BCUT2D eigenvalue weighted by molar-refractivity contribution is 5.93. The zero-order chi connectivity index (χ0) is 21.9. The fraction of sp³-hybridized carbons (Fsp3) is 0.417. The van der Waals surface area contributed by atoms with Gasteiger partial charge in [-0.15, -0.1) is 0 Å². The molecule has 8 heteroatoms. The zero-order valence-electron chi connectivity index (χ0n) is 18.5. The molecule has 0 bridgehead atoms. The summed E-state index contributed by atoms with van der Waals surface area (Å²) in [5, 5.41) is 2.99. The van der Waals surface area contributed by atoms with Crippen LogP contribution in [0.25, 0.3) is 11.0 Å². The SMILES string of the molecule is CN1CC(N2CCN(c3nc4ccccc4n3C(=O)NCCOc3ccccc3)CC2)C1. The van der Waals surface area contributed by atoms with Gasteiger partial charge < -0.3 is 19.9 Å². The van der Waals surface area contributed by atoms with Crippen LogP contribution < -0.4 is 15.0 Å². The van der Waals surface area contributed by atoms with Crippen molar-refractivity contribution in [2.24, 2.45) is 0 Å². The van der Waals surface area contributed by atoms with E-state index < -0.39 is 0 Å². The molecule has 2 aromatic carbocycles. The molecule has 168 valence electrons. The van der Waals surface area contributed by atoms with Crippen LogP contribution in [0.2, 0.25) is 0 Å². The third kappa shape index (κ3) is 4.28. The van der Waals surface area contributed by atoms with Crippen molar-refractivity contribution in [2.45, 2.75) is 6.04 Å². The zero-order valence-corrected chi connectivity index (χ0v) is 18.5. The predicted octanol–water partition coefficient (Wildman–Crippen LogP) is 2.11. The Morgan fingerprint density at radius 3 is 2.50 bits per heavy atom. The summed E-state index contributed by atoms with van der Waals surface area (Å²) in [7, 11) is 2.17. The summed E-state index contributed by atoms with van der Waals surface area (Å²) in [5.74, 6) is 1.52. The van der Waals surface area contributed by atoms with E-state index in [9.17, 15) is 4.79 Å². The van der Waals surface area contributed by atoms with E-state index in [-0.39, 0.29) is 6.03 Å². The summed E-state index contributed by atoms with van der Waals surface area (Å²) in [6.45, 7) is 6.84. The van der Waals surface area contributed by atoms with Gasteiger partial charge in [-0.25, -0.2) is 14.3 Å². The molecule has 32 heavy (non-hydrogen) atoms. The summed E-state index contributed by atoms with van der Waals surface area (Å²) in [4.78, 5) is 25.1. The second-order valence-electron chi connectivity index (χ2n) is 8.53. The van der Waals surface area contributed by atoms with E-state index in [1.807, 2.05) is 54.6 Å². The van der Waals surface area contributed by atoms with Gasteiger partial charge in [0.25, 0.3) is 0 Å². The van der Waals surface area contributed by atoms with Crippen molar-refractivity contribution in [3.05, 3.63) is 54.6 Å². The topological polar surface area (TPSA) is 65.9 Å². The van der Waals surface area contributed by atoms with Gasteiger partial charge in [-0.1, -0.05) is 30.3 Å². The van der Waals surface area contributed by atoms with E-state index in [0.29, 0.717) is 19.2 Å². The fourth-order valence-corrected chi connectivity index (χ4v) is 4.53. The van der Waals surface area contributed by atoms with Gasteiger partial charge in [0.1, 0.15) is 12.4 Å². The lowest BCUT2D eigenvalue weighted by Crippen LogP contribution is -2.62. The number of imidazole rings is 1. The van der Waals surface area contributed by atoms with Gasteiger partial charge in [-0.05, 0) is 31.3 Å². The summed E-state index contributed by atoms with van der Waals surface area (Å²) < 4.78 is 7.42. The molecule has 3 heterocycles. The molecule has 8 nitrogen and oxygen atoms in total. The number of likely N-dealkylation sites (N-methyl/N-ethyl adjacent to an activating group) is 1. The van der Waals surface area contributed by atoms with E-state index in [1.54, 1.807) is 4.57 Å². The maximum Gasteiger partial charge on any atom is 0.329 e. The average molecular weight is 435 g/mol. The van der Waals surface area contributed by atoms with Crippen LogP contribution in [0.15, 0.2) is 54.6 Å². The number of hydrogen-bond donors (Lipinski definition) is 1. The molecule has 0 unspecified atom stereocenters. The fourth-order valence-electron chi connectivity index (χ4n) is 4.53. The van der Waals surface area contributed by atoms with E-state index >= 15 is 0 Å². The number of amides is 1. The van der Waals surface area contributed by atoms with Gasteiger partial charge in [-0.3, -0.25) is 4.90 Å². The van der Waals surface area contributed by atoms with Gasteiger partial charge in [-0.2, -0.15) is 0 Å². The normalized spacial score (nSPS) is 18.0. The number of likely N-dealkylation sites (tertiary alicyclic amines) is 1. The molecule has 0 radical (unpaired) electrons. The van der Waals surface area contributed by atoms with E-state index in [2.05, 4.69) is 27.1 Å². The number of carbonyl (C=O) groups excluding carboxylic acids is 1. The van der Waals surface area contributed by atoms with Crippen molar-refractivity contribution in [2.75, 3.05) is 64.4 Å². The predicted molar refractivity (Wildman–Crippen MR) is 126 cm³/mol. The van der Waals surface area contributed by atoms with E-state index in [4.69, 9.17) is 9.72 Å². The monoisotopic (exact) mass is 434 g/mol. The first-order valence-corrected chi connectivity index (χ1v) is 11.3. The Hall–Kier alpha value is -3.10. The molecule has 2 saturated heterocycles.